The Morgan fingerprint density at radius 2 is 2.05 bits per heavy atom. The number of hydrogen-bond acceptors (Lipinski definition) is 5. The zero-order valence-electron chi connectivity index (χ0n) is 11.7. The van der Waals surface area contributed by atoms with Crippen molar-refractivity contribution in [1.82, 2.24) is 14.4 Å². The summed E-state index contributed by atoms with van der Waals surface area (Å²) < 4.78 is 6.52. The van der Waals surface area contributed by atoms with Crippen molar-refractivity contribution in [3.63, 3.8) is 0 Å². The molecule has 2 N–H and O–H groups in total. The van der Waals surface area contributed by atoms with E-state index in [4.69, 9.17) is 9.84 Å². The molecule has 0 aliphatic carbocycles. The number of carboxylic acids is 1. The van der Waals surface area contributed by atoms with Crippen LogP contribution in [0.3, 0.4) is 0 Å². The van der Waals surface area contributed by atoms with Gasteiger partial charge >= 0.3 is 5.97 Å². The number of aliphatic carboxylic acids is 1. The number of hydrogen-bond donors (Lipinski definition) is 2. The largest absolute Gasteiger partial charge is 0.497 e. The average Bonchev–Trinajstić information content (AvgIpc) is 2.82. The first-order chi connectivity index (χ1) is 10.6. The van der Waals surface area contributed by atoms with Gasteiger partial charge < -0.3 is 14.9 Å². The smallest absolute Gasteiger partial charge is 0.309 e. The standard InChI is InChI=1S/C15H13N3O4/c1-22-10-4-2-9(3-5-10)12-8-18-13(7-16-12)17-11(15(18)21)6-14(19)20/h2-5,7-8,21H,6H2,1H3,(H,19,20). The van der Waals surface area contributed by atoms with Gasteiger partial charge in [-0.3, -0.25) is 14.2 Å². The van der Waals surface area contributed by atoms with Crippen molar-refractivity contribution in [2.24, 2.45) is 0 Å². The van der Waals surface area contributed by atoms with E-state index in [1.165, 1.54) is 10.6 Å². The van der Waals surface area contributed by atoms with Crippen molar-refractivity contribution in [3.05, 3.63) is 42.4 Å². The molecule has 0 aliphatic heterocycles. The van der Waals surface area contributed by atoms with E-state index in [9.17, 15) is 9.90 Å². The summed E-state index contributed by atoms with van der Waals surface area (Å²) in [5, 5.41) is 18.9. The first kappa shape index (κ1) is 13.9. The quantitative estimate of drug-likeness (QED) is 0.761. The second-order valence-corrected chi connectivity index (χ2v) is 4.68. The van der Waals surface area contributed by atoms with E-state index in [2.05, 4.69) is 9.97 Å². The predicted octanol–water partition coefficient (Wildman–Crippen LogP) is 1.74. The van der Waals surface area contributed by atoms with Crippen LogP contribution in [0.1, 0.15) is 5.69 Å². The minimum Gasteiger partial charge on any atom is -0.497 e. The fourth-order valence-electron chi connectivity index (χ4n) is 2.16. The normalized spacial score (nSPS) is 10.8. The summed E-state index contributed by atoms with van der Waals surface area (Å²) in [4.78, 5) is 19.1. The first-order valence-electron chi connectivity index (χ1n) is 6.50. The molecule has 0 aliphatic rings. The van der Waals surface area contributed by atoms with Crippen molar-refractivity contribution in [3.8, 4) is 22.9 Å². The number of ether oxygens (including phenoxy) is 1. The summed E-state index contributed by atoms with van der Waals surface area (Å²) in [6.07, 6.45) is 2.76. The molecule has 2 aromatic heterocycles. The molecule has 3 rings (SSSR count). The Kier molecular flexibility index (Phi) is 3.38. The Balaban J connectivity index is 2.04. The van der Waals surface area contributed by atoms with Gasteiger partial charge in [0.2, 0.25) is 5.88 Å². The van der Waals surface area contributed by atoms with Crippen LogP contribution in [0.15, 0.2) is 36.7 Å². The molecule has 7 heteroatoms. The SMILES string of the molecule is COc1ccc(-c2cn3c(O)c(CC(=O)O)nc3cn2)cc1. The van der Waals surface area contributed by atoms with E-state index in [-0.39, 0.29) is 18.0 Å². The fraction of sp³-hybridized carbons (Fsp3) is 0.133. The molecule has 3 aromatic rings. The number of carboxylic acid groups (broad SMARTS) is 1. The van der Waals surface area contributed by atoms with Crippen LogP contribution in [0.5, 0.6) is 11.6 Å². The lowest BCUT2D eigenvalue weighted by molar-refractivity contribution is -0.136. The molecule has 0 unspecified atom stereocenters. The molecule has 0 saturated heterocycles. The van der Waals surface area contributed by atoms with Crippen LogP contribution < -0.4 is 4.74 Å². The molecule has 0 fully saturated rings. The third kappa shape index (κ3) is 2.44. The molecule has 22 heavy (non-hydrogen) atoms. The maximum atomic E-state index is 10.8. The van der Waals surface area contributed by atoms with Crippen molar-refractivity contribution < 1.29 is 19.7 Å². The van der Waals surface area contributed by atoms with Gasteiger partial charge in [-0.1, -0.05) is 0 Å². The van der Waals surface area contributed by atoms with Crippen LogP contribution in [-0.4, -0.2) is 37.7 Å². The van der Waals surface area contributed by atoms with Gasteiger partial charge in [-0.2, -0.15) is 0 Å². The Morgan fingerprint density at radius 3 is 2.68 bits per heavy atom. The lowest BCUT2D eigenvalue weighted by Gasteiger charge is -2.04. The maximum Gasteiger partial charge on any atom is 0.309 e. The topological polar surface area (TPSA) is 97.0 Å². The van der Waals surface area contributed by atoms with Crippen LogP contribution in [0, 0.1) is 0 Å². The number of fused-ring (bicyclic) bond motifs is 1. The molecule has 7 nitrogen and oxygen atoms in total. The average molecular weight is 299 g/mol. The monoisotopic (exact) mass is 299 g/mol. The Hall–Kier alpha value is -3.09. The maximum absolute atomic E-state index is 10.8. The lowest BCUT2D eigenvalue weighted by Crippen LogP contribution is -2.00. The highest BCUT2D eigenvalue weighted by Crippen LogP contribution is 2.24. The minimum atomic E-state index is -1.05. The number of carbonyl (C=O) groups is 1. The summed E-state index contributed by atoms with van der Waals surface area (Å²) in [7, 11) is 1.59. The van der Waals surface area contributed by atoms with Gasteiger partial charge in [0.05, 0.1) is 25.4 Å². The molecule has 0 atom stereocenters. The number of methoxy groups -OCH3 is 1. The molecule has 2 heterocycles. The van der Waals surface area contributed by atoms with Gasteiger partial charge in [-0.05, 0) is 24.3 Å². The minimum absolute atomic E-state index is 0.112. The molecule has 112 valence electrons. The van der Waals surface area contributed by atoms with Crippen LogP contribution in [0.25, 0.3) is 16.9 Å². The zero-order valence-corrected chi connectivity index (χ0v) is 11.7. The molecule has 0 radical (unpaired) electrons. The van der Waals surface area contributed by atoms with E-state index in [1.54, 1.807) is 13.3 Å². The van der Waals surface area contributed by atoms with E-state index < -0.39 is 5.97 Å². The molecule has 0 spiro atoms. The number of imidazole rings is 1. The second kappa shape index (κ2) is 5.36. The van der Waals surface area contributed by atoms with Crippen LogP contribution in [-0.2, 0) is 11.2 Å². The van der Waals surface area contributed by atoms with Crippen LogP contribution in [0.2, 0.25) is 0 Å². The highest BCUT2D eigenvalue weighted by atomic mass is 16.5. The summed E-state index contributed by atoms with van der Waals surface area (Å²) in [5.74, 6) is -0.504. The van der Waals surface area contributed by atoms with Gasteiger partial charge in [-0.25, -0.2) is 4.98 Å². The van der Waals surface area contributed by atoms with Crippen molar-refractivity contribution in [2.45, 2.75) is 6.42 Å². The Morgan fingerprint density at radius 1 is 1.32 bits per heavy atom. The van der Waals surface area contributed by atoms with Crippen LogP contribution in [0.4, 0.5) is 0 Å². The first-order valence-corrected chi connectivity index (χ1v) is 6.50. The molecule has 0 amide bonds. The Bertz CT molecular complexity index is 840. The van der Waals surface area contributed by atoms with E-state index >= 15 is 0 Å². The number of aromatic nitrogens is 3. The predicted molar refractivity (Wildman–Crippen MR) is 78.0 cm³/mol. The number of aromatic hydroxyl groups is 1. The van der Waals surface area contributed by atoms with E-state index in [0.29, 0.717) is 11.3 Å². The summed E-state index contributed by atoms with van der Waals surface area (Å²) >= 11 is 0. The number of nitrogens with zero attached hydrogens (tertiary/aromatic N) is 3. The van der Waals surface area contributed by atoms with Crippen molar-refractivity contribution in [1.29, 1.82) is 0 Å². The van der Waals surface area contributed by atoms with Gasteiger partial charge in [0.1, 0.15) is 11.4 Å². The number of rotatable bonds is 4. The van der Waals surface area contributed by atoms with Gasteiger partial charge in [-0.15, -0.1) is 0 Å². The van der Waals surface area contributed by atoms with E-state index in [0.717, 1.165) is 11.3 Å². The lowest BCUT2D eigenvalue weighted by atomic mass is 10.1. The van der Waals surface area contributed by atoms with Gasteiger partial charge in [0.15, 0.2) is 5.65 Å². The van der Waals surface area contributed by atoms with E-state index in [1.807, 2.05) is 24.3 Å². The van der Waals surface area contributed by atoms with Crippen molar-refractivity contribution >= 4 is 11.6 Å². The summed E-state index contributed by atoms with van der Waals surface area (Å²) in [5.41, 5.74) is 1.98. The third-order valence-electron chi connectivity index (χ3n) is 3.26. The second-order valence-electron chi connectivity index (χ2n) is 4.68. The summed E-state index contributed by atoms with van der Waals surface area (Å²) in [6, 6.07) is 7.31. The van der Waals surface area contributed by atoms with Crippen LogP contribution >= 0.6 is 0 Å². The third-order valence-corrected chi connectivity index (χ3v) is 3.26. The molecular formula is C15H13N3O4. The van der Waals surface area contributed by atoms with Gasteiger partial charge in [0, 0.05) is 11.8 Å². The molecule has 0 bridgehead atoms. The molecule has 1 aromatic carbocycles. The highest BCUT2D eigenvalue weighted by Gasteiger charge is 2.15. The Labute approximate surface area is 125 Å². The molecule has 0 saturated carbocycles. The zero-order chi connectivity index (χ0) is 15.7. The number of benzene rings is 1. The van der Waals surface area contributed by atoms with Crippen molar-refractivity contribution in [2.75, 3.05) is 7.11 Å². The fourth-order valence-corrected chi connectivity index (χ4v) is 2.16. The highest BCUT2D eigenvalue weighted by molar-refractivity contribution is 5.71. The molecular weight excluding hydrogens is 286 g/mol. The summed E-state index contributed by atoms with van der Waals surface area (Å²) in [6.45, 7) is 0. The van der Waals surface area contributed by atoms with Gasteiger partial charge in [0.25, 0.3) is 0 Å².